The second-order valence-electron chi connectivity index (χ2n) is 5.53. The predicted octanol–water partition coefficient (Wildman–Crippen LogP) is 1.20. The van der Waals surface area contributed by atoms with Crippen LogP contribution in [0.5, 0.6) is 0 Å². The van der Waals surface area contributed by atoms with Crippen LogP contribution in [-0.2, 0) is 14.3 Å². The molecule has 0 aromatic rings. The Kier molecular flexibility index (Phi) is 6.75. The van der Waals surface area contributed by atoms with E-state index in [0.29, 0.717) is 26.2 Å². The molecule has 0 radical (unpaired) electrons. The highest BCUT2D eigenvalue weighted by atomic mass is 16.5. The molecule has 112 valence electrons. The van der Waals surface area contributed by atoms with E-state index in [1.807, 2.05) is 20.8 Å². The Labute approximate surface area is 116 Å². The highest BCUT2D eigenvalue weighted by Crippen LogP contribution is 2.30. The molecule has 0 heterocycles. The van der Waals surface area contributed by atoms with Crippen molar-refractivity contribution < 1.29 is 14.3 Å². The lowest BCUT2D eigenvalue weighted by Crippen LogP contribution is -2.60. The number of nitrogens with two attached hydrogens (primary N) is 1. The van der Waals surface area contributed by atoms with Gasteiger partial charge in [0.2, 0.25) is 5.91 Å². The Morgan fingerprint density at radius 1 is 1.47 bits per heavy atom. The number of rotatable bonds is 8. The van der Waals surface area contributed by atoms with Crippen LogP contribution in [0.3, 0.4) is 0 Å². The van der Waals surface area contributed by atoms with Gasteiger partial charge in [0, 0.05) is 19.1 Å². The Hall–Kier alpha value is -0.650. The lowest BCUT2D eigenvalue weighted by atomic mass is 9.79. The summed E-state index contributed by atoms with van der Waals surface area (Å²) in [7, 11) is 0. The van der Waals surface area contributed by atoms with Gasteiger partial charge in [-0.05, 0) is 40.0 Å². The van der Waals surface area contributed by atoms with Crippen LogP contribution in [0.4, 0.5) is 0 Å². The maximum atomic E-state index is 11.8. The summed E-state index contributed by atoms with van der Waals surface area (Å²) in [6.07, 6.45) is 3.49. The molecule has 0 aromatic heterocycles. The van der Waals surface area contributed by atoms with Crippen molar-refractivity contribution in [2.24, 2.45) is 5.73 Å². The summed E-state index contributed by atoms with van der Waals surface area (Å²) in [5.41, 5.74) is 5.00. The SMILES string of the molecule is CCOCCOC1CCCC(NC(C)C)(C(N)=O)C1. The molecule has 1 saturated carbocycles. The molecule has 2 atom stereocenters. The highest BCUT2D eigenvalue weighted by molar-refractivity contribution is 5.84. The van der Waals surface area contributed by atoms with Gasteiger partial charge < -0.3 is 20.5 Å². The summed E-state index contributed by atoms with van der Waals surface area (Å²) in [5.74, 6) is -0.265. The van der Waals surface area contributed by atoms with E-state index < -0.39 is 5.54 Å². The van der Waals surface area contributed by atoms with Gasteiger partial charge in [0.15, 0.2) is 0 Å². The Morgan fingerprint density at radius 2 is 2.21 bits per heavy atom. The number of carbonyl (C=O) groups excluding carboxylic acids is 1. The number of nitrogens with one attached hydrogen (secondary N) is 1. The first-order valence-electron chi connectivity index (χ1n) is 7.27. The number of amides is 1. The lowest BCUT2D eigenvalue weighted by molar-refractivity contribution is -0.129. The molecule has 0 aromatic carbocycles. The molecule has 0 bridgehead atoms. The standard InChI is InChI=1S/C14H28N2O3/c1-4-18-8-9-19-12-6-5-7-14(10-12,13(15)17)16-11(2)3/h11-12,16H,4-10H2,1-3H3,(H2,15,17). The number of ether oxygens (including phenoxy) is 2. The maximum absolute atomic E-state index is 11.8. The normalized spacial score (nSPS) is 27.7. The minimum Gasteiger partial charge on any atom is -0.379 e. The number of hydrogen-bond donors (Lipinski definition) is 2. The second-order valence-corrected chi connectivity index (χ2v) is 5.53. The maximum Gasteiger partial charge on any atom is 0.237 e. The van der Waals surface area contributed by atoms with Crippen molar-refractivity contribution in [3.8, 4) is 0 Å². The molecule has 1 aliphatic carbocycles. The largest absolute Gasteiger partial charge is 0.379 e. The van der Waals surface area contributed by atoms with Crippen LogP contribution in [0.1, 0.15) is 46.5 Å². The molecule has 1 rings (SSSR count). The first kappa shape index (κ1) is 16.4. The average Bonchev–Trinajstić information content (AvgIpc) is 2.34. The molecule has 1 fully saturated rings. The lowest BCUT2D eigenvalue weighted by Gasteiger charge is -2.40. The van der Waals surface area contributed by atoms with E-state index in [2.05, 4.69) is 5.32 Å². The highest BCUT2D eigenvalue weighted by Gasteiger charge is 2.41. The van der Waals surface area contributed by atoms with Crippen molar-refractivity contribution in [2.75, 3.05) is 19.8 Å². The van der Waals surface area contributed by atoms with E-state index in [4.69, 9.17) is 15.2 Å². The third kappa shape index (κ3) is 5.09. The van der Waals surface area contributed by atoms with Crippen molar-refractivity contribution >= 4 is 5.91 Å². The van der Waals surface area contributed by atoms with E-state index in [-0.39, 0.29) is 18.1 Å². The molecule has 0 saturated heterocycles. The van der Waals surface area contributed by atoms with Crippen LogP contribution >= 0.6 is 0 Å². The summed E-state index contributed by atoms with van der Waals surface area (Å²) in [4.78, 5) is 11.8. The molecule has 19 heavy (non-hydrogen) atoms. The van der Waals surface area contributed by atoms with E-state index in [1.54, 1.807) is 0 Å². The van der Waals surface area contributed by atoms with Crippen molar-refractivity contribution in [3.63, 3.8) is 0 Å². The fraction of sp³-hybridized carbons (Fsp3) is 0.929. The van der Waals surface area contributed by atoms with Crippen LogP contribution in [0.15, 0.2) is 0 Å². The van der Waals surface area contributed by atoms with Crippen molar-refractivity contribution in [2.45, 2.75) is 64.1 Å². The first-order valence-corrected chi connectivity index (χ1v) is 7.27. The minimum absolute atomic E-state index is 0.0907. The van der Waals surface area contributed by atoms with Crippen LogP contribution < -0.4 is 11.1 Å². The fourth-order valence-corrected chi connectivity index (χ4v) is 2.76. The van der Waals surface area contributed by atoms with E-state index in [1.165, 1.54) is 0 Å². The second kappa shape index (κ2) is 7.82. The van der Waals surface area contributed by atoms with Crippen molar-refractivity contribution in [3.05, 3.63) is 0 Å². The zero-order chi connectivity index (χ0) is 14.3. The van der Waals surface area contributed by atoms with Gasteiger partial charge in [0.1, 0.15) is 5.54 Å². The predicted molar refractivity (Wildman–Crippen MR) is 74.9 cm³/mol. The van der Waals surface area contributed by atoms with Gasteiger partial charge in [-0.1, -0.05) is 0 Å². The Balaban J connectivity index is 2.51. The molecule has 0 spiro atoms. The zero-order valence-corrected chi connectivity index (χ0v) is 12.4. The van der Waals surface area contributed by atoms with Gasteiger partial charge >= 0.3 is 0 Å². The summed E-state index contributed by atoms with van der Waals surface area (Å²) < 4.78 is 11.1. The molecule has 3 N–H and O–H groups in total. The molecular weight excluding hydrogens is 244 g/mol. The number of primary amides is 1. The van der Waals surface area contributed by atoms with E-state index in [0.717, 1.165) is 19.3 Å². The molecular formula is C14H28N2O3. The van der Waals surface area contributed by atoms with Gasteiger partial charge in [0.05, 0.1) is 19.3 Å². The molecule has 0 aliphatic heterocycles. The van der Waals surface area contributed by atoms with Gasteiger partial charge in [-0.25, -0.2) is 0 Å². The monoisotopic (exact) mass is 272 g/mol. The van der Waals surface area contributed by atoms with Gasteiger partial charge in [-0.15, -0.1) is 0 Å². The van der Waals surface area contributed by atoms with Crippen LogP contribution in [0.25, 0.3) is 0 Å². The van der Waals surface area contributed by atoms with Gasteiger partial charge in [-0.3, -0.25) is 4.79 Å². The molecule has 1 amide bonds. The third-order valence-corrected chi connectivity index (χ3v) is 3.53. The summed E-state index contributed by atoms with van der Waals surface area (Å²) in [5, 5.41) is 3.34. The Bertz CT molecular complexity index is 284. The molecule has 5 heteroatoms. The topological polar surface area (TPSA) is 73.6 Å². The third-order valence-electron chi connectivity index (χ3n) is 3.53. The van der Waals surface area contributed by atoms with Crippen molar-refractivity contribution in [1.82, 2.24) is 5.32 Å². The first-order chi connectivity index (χ1) is 9.00. The van der Waals surface area contributed by atoms with Crippen molar-refractivity contribution in [1.29, 1.82) is 0 Å². The van der Waals surface area contributed by atoms with Crippen LogP contribution in [-0.4, -0.2) is 43.4 Å². The van der Waals surface area contributed by atoms with E-state index >= 15 is 0 Å². The zero-order valence-electron chi connectivity index (χ0n) is 12.4. The number of hydrogen-bond acceptors (Lipinski definition) is 4. The fourth-order valence-electron chi connectivity index (χ4n) is 2.76. The van der Waals surface area contributed by atoms with Crippen LogP contribution in [0.2, 0.25) is 0 Å². The quantitative estimate of drug-likeness (QED) is 0.651. The summed E-state index contributed by atoms with van der Waals surface area (Å²) in [6, 6.07) is 0.231. The van der Waals surface area contributed by atoms with E-state index in [9.17, 15) is 4.79 Å². The van der Waals surface area contributed by atoms with Crippen LogP contribution in [0, 0.1) is 0 Å². The molecule has 1 aliphatic rings. The molecule has 5 nitrogen and oxygen atoms in total. The number of carbonyl (C=O) groups is 1. The molecule has 2 unspecified atom stereocenters. The minimum atomic E-state index is -0.608. The summed E-state index contributed by atoms with van der Waals surface area (Å²) >= 11 is 0. The smallest absolute Gasteiger partial charge is 0.237 e. The van der Waals surface area contributed by atoms with Gasteiger partial charge in [0.25, 0.3) is 0 Å². The summed E-state index contributed by atoms with van der Waals surface area (Å²) in [6.45, 7) is 7.91. The van der Waals surface area contributed by atoms with Gasteiger partial charge in [-0.2, -0.15) is 0 Å². The average molecular weight is 272 g/mol. The Morgan fingerprint density at radius 3 is 2.79 bits per heavy atom.